The van der Waals surface area contributed by atoms with Crippen molar-refractivity contribution in [2.24, 2.45) is 0 Å². The molecule has 5 heteroatoms. The summed E-state index contributed by atoms with van der Waals surface area (Å²) in [5.41, 5.74) is 7.21. The summed E-state index contributed by atoms with van der Waals surface area (Å²) in [7, 11) is 1.85. The Morgan fingerprint density at radius 3 is 2.81 bits per heavy atom. The zero-order valence-electron chi connectivity index (χ0n) is 12.1. The third-order valence-electron chi connectivity index (χ3n) is 4.03. The van der Waals surface area contributed by atoms with Gasteiger partial charge in [-0.2, -0.15) is 0 Å². The summed E-state index contributed by atoms with van der Waals surface area (Å²) in [5.74, 6) is 0.365. The molecule has 1 aromatic heterocycles. The van der Waals surface area contributed by atoms with Gasteiger partial charge in [0, 0.05) is 31.7 Å². The van der Waals surface area contributed by atoms with E-state index in [1.165, 1.54) is 0 Å². The predicted molar refractivity (Wildman–Crippen MR) is 82.1 cm³/mol. The number of fused-ring (bicyclic) bond motifs is 1. The molecule has 3 rings (SSSR count). The molecule has 0 aliphatic carbocycles. The largest absolute Gasteiger partial charge is 0.384 e. The van der Waals surface area contributed by atoms with Crippen molar-refractivity contribution in [3.05, 3.63) is 35.9 Å². The van der Waals surface area contributed by atoms with Crippen molar-refractivity contribution in [1.29, 1.82) is 0 Å². The number of benzene rings is 1. The lowest BCUT2D eigenvalue weighted by Gasteiger charge is -2.31. The van der Waals surface area contributed by atoms with E-state index >= 15 is 0 Å². The smallest absolute Gasteiger partial charge is 0.254 e. The van der Waals surface area contributed by atoms with Gasteiger partial charge < -0.3 is 15.4 Å². The molecule has 1 amide bonds. The summed E-state index contributed by atoms with van der Waals surface area (Å²) in [6, 6.07) is 9.47. The number of aromatic nitrogens is 1. The Morgan fingerprint density at radius 1 is 1.33 bits per heavy atom. The Hall–Kier alpha value is -2.14. The SMILES string of the molecule is CN(C(=O)c1cc(N)nc2ccccc12)C1CCOCC1. The van der Waals surface area contributed by atoms with Gasteiger partial charge in [0.15, 0.2) is 0 Å². The van der Waals surface area contributed by atoms with Crippen LogP contribution in [0.3, 0.4) is 0 Å². The van der Waals surface area contributed by atoms with Crippen LogP contribution in [0.25, 0.3) is 10.9 Å². The lowest BCUT2D eigenvalue weighted by molar-refractivity contribution is 0.0363. The van der Waals surface area contributed by atoms with E-state index in [0.717, 1.165) is 23.7 Å². The van der Waals surface area contributed by atoms with Crippen LogP contribution in [-0.4, -0.2) is 42.1 Å². The van der Waals surface area contributed by atoms with Crippen molar-refractivity contribution in [3.8, 4) is 0 Å². The van der Waals surface area contributed by atoms with Gasteiger partial charge in [-0.05, 0) is 25.0 Å². The number of hydrogen-bond acceptors (Lipinski definition) is 4. The second-order valence-electron chi connectivity index (χ2n) is 5.37. The first-order valence-corrected chi connectivity index (χ1v) is 7.17. The van der Waals surface area contributed by atoms with Crippen LogP contribution < -0.4 is 5.73 Å². The summed E-state index contributed by atoms with van der Waals surface area (Å²) < 4.78 is 5.36. The molecule has 110 valence electrons. The molecule has 0 bridgehead atoms. The molecule has 0 saturated carbocycles. The first-order valence-electron chi connectivity index (χ1n) is 7.17. The zero-order chi connectivity index (χ0) is 14.8. The second kappa shape index (κ2) is 5.69. The highest BCUT2D eigenvalue weighted by atomic mass is 16.5. The normalized spacial score (nSPS) is 16.0. The summed E-state index contributed by atoms with van der Waals surface area (Å²) in [5, 5.41) is 0.843. The Labute approximate surface area is 123 Å². The minimum atomic E-state index is -0.00722. The highest BCUT2D eigenvalue weighted by Crippen LogP contribution is 2.23. The number of para-hydroxylation sites is 1. The molecule has 0 unspecified atom stereocenters. The summed E-state index contributed by atoms with van der Waals surface area (Å²) in [4.78, 5) is 18.9. The Kier molecular flexibility index (Phi) is 3.75. The molecule has 2 aromatic rings. The number of amides is 1. The van der Waals surface area contributed by atoms with Crippen LogP contribution in [0.2, 0.25) is 0 Å². The van der Waals surface area contributed by atoms with Crippen molar-refractivity contribution in [1.82, 2.24) is 9.88 Å². The summed E-state index contributed by atoms with van der Waals surface area (Å²) >= 11 is 0. The van der Waals surface area contributed by atoms with E-state index in [0.29, 0.717) is 24.6 Å². The number of nitrogen functional groups attached to an aromatic ring is 1. The molecule has 21 heavy (non-hydrogen) atoms. The van der Waals surface area contributed by atoms with Gasteiger partial charge in [-0.3, -0.25) is 4.79 Å². The highest BCUT2D eigenvalue weighted by molar-refractivity contribution is 6.06. The second-order valence-corrected chi connectivity index (χ2v) is 5.37. The van der Waals surface area contributed by atoms with Crippen molar-refractivity contribution in [2.45, 2.75) is 18.9 Å². The van der Waals surface area contributed by atoms with Gasteiger partial charge in [-0.1, -0.05) is 18.2 Å². The lowest BCUT2D eigenvalue weighted by atomic mass is 10.0. The Bertz CT molecular complexity index is 666. The van der Waals surface area contributed by atoms with Crippen LogP contribution in [0.4, 0.5) is 5.82 Å². The predicted octanol–water partition coefficient (Wildman–Crippen LogP) is 2.07. The van der Waals surface area contributed by atoms with Crippen LogP contribution >= 0.6 is 0 Å². The summed E-state index contributed by atoms with van der Waals surface area (Å²) in [6.45, 7) is 1.42. The molecule has 0 atom stereocenters. The number of nitrogens with two attached hydrogens (primary N) is 1. The fourth-order valence-electron chi connectivity index (χ4n) is 2.80. The fourth-order valence-corrected chi connectivity index (χ4v) is 2.80. The van der Waals surface area contributed by atoms with Gasteiger partial charge in [0.1, 0.15) is 5.82 Å². The van der Waals surface area contributed by atoms with Crippen molar-refractivity contribution in [3.63, 3.8) is 0 Å². The monoisotopic (exact) mass is 285 g/mol. The number of carbonyl (C=O) groups excluding carboxylic acids is 1. The quantitative estimate of drug-likeness (QED) is 0.917. The Morgan fingerprint density at radius 2 is 2.05 bits per heavy atom. The number of carbonyl (C=O) groups is 1. The molecule has 1 fully saturated rings. The van der Waals surface area contributed by atoms with Crippen LogP contribution in [-0.2, 0) is 4.74 Å². The van der Waals surface area contributed by atoms with Gasteiger partial charge in [-0.25, -0.2) is 4.98 Å². The first kappa shape index (κ1) is 13.8. The molecule has 0 spiro atoms. The Balaban J connectivity index is 1.97. The van der Waals surface area contributed by atoms with Crippen molar-refractivity contribution >= 4 is 22.6 Å². The zero-order valence-corrected chi connectivity index (χ0v) is 12.1. The van der Waals surface area contributed by atoms with Crippen LogP contribution in [0.1, 0.15) is 23.2 Å². The average Bonchev–Trinajstić information content (AvgIpc) is 2.53. The van der Waals surface area contributed by atoms with E-state index < -0.39 is 0 Å². The van der Waals surface area contributed by atoms with Gasteiger partial charge in [0.2, 0.25) is 0 Å². The fraction of sp³-hybridized carbons (Fsp3) is 0.375. The molecule has 2 heterocycles. The number of pyridine rings is 1. The van der Waals surface area contributed by atoms with E-state index in [-0.39, 0.29) is 11.9 Å². The van der Waals surface area contributed by atoms with E-state index in [1.54, 1.807) is 6.07 Å². The lowest BCUT2D eigenvalue weighted by Crippen LogP contribution is -2.40. The van der Waals surface area contributed by atoms with Crippen LogP contribution in [0, 0.1) is 0 Å². The van der Waals surface area contributed by atoms with Crippen LogP contribution in [0.5, 0.6) is 0 Å². The van der Waals surface area contributed by atoms with Gasteiger partial charge in [0.05, 0.1) is 11.1 Å². The third-order valence-corrected chi connectivity index (χ3v) is 4.03. The first-order chi connectivity index (χ1) is 10.2. The number of anilines is 1. The standard InChI is InChI=1S/C16H19N3O2/c1-19(11-6-8-21-9-7-11)16(20)13-10-15(17)18-14-5-3-2-4-12(13)14/h2-5,10-11H,6-9H2,1H3,(H2,17,18). The van der Waals surface area contributed by atoms with Gasteiger partial charge >= 0.3 is 0 Å². The number of nitrogens with zero attached hydrogens (tertiary/aromatic N) is 2. The molecule has 0 radical (unpaired) electrons. The molecule has 5 nitrogen and oxygen atoms in total. The average molecular weight is 285 g/mol. The van der Waals surface area contributed by atoms with Crippen molar-refractivity contribution in [2.75, 3.05) is 26.0 Å². The van der Waals surface area contributed by atoms with E-state index in [9.17, 15) is 4.79 Å². The molecule has 1 aliphatic rings. The maximum Gasteiger partial charge on any atom is 0.254 e. The topological polar surface area (TPSA) is 68.5 Å². The van der Waals surface area contributed by atoms with E-state index in [2.05, 4.69) is 4.98 Å². The minimum absolute atomic E-state index is 0.00722. The molecule has 2 N–H and O–H groups in total. The van der Waals surface area contributed by atoms with Crippen molar-refractivity contribution < 1.29 is 9.53 Å². The maximum absolute atomic E-state index is 12.8. The maximum atomic E-state index is 12.8. The molecule has 1 aliphatic heterocycles. The number of rotatable bonds is 2. The van der Waals surface area contributed by atoms with Crippen LogP contribution in [0.15, 0.2) is 30.3 Å². The third kappa shape index (κ3) is 2.69. The highest BCUT2D eigenvalue weighted by Gasteiger charge is 2.24. The molecular formula is C16H19N3O2. The van der Waals surface area contributed by atoms with Gasteiger partial charge in [0.25, 0.3) is 5.91 Å². The van der Waals surface area contributed by atoms with E-state index in [4.69, 9.17) is 10.5 Å². The van der Waals surface area contributed by atoms with Gasteiger partial charge in [-0.15, -0.1) is 0 Å². The number of hydrogen-bond donors (Lipinski definition) is 1. The molecule has 1 aromatic carbocycles. The minimum Gasteiger partial charge on any atom is -0.384 e. The van der Waals surface area contributed by atoms with E-state index in [1.807, 2.05) is 36.2 Å². The molecular weight excluding hydrogens is 266 g/mol. The molecule has 1 saturated heterocycles. The number of ether oxygens (including phenoxy) is 1. The summed E-state index contributed by atoms with van der Waals surface area (Å²) in [6.07, 6.45) is 1.75.